The van der Waals surface area contributed by atoms with E-state index in [1.807, 2.05) is 0 Å². The van der Waals surface area contributed by atoms with Crippen molar-refractivity contribution in [3.05, 3.63) is 34.2 Å². The van der Waals surface area contributed by atoms with E-state index < -0.39 is 26.5 Å². The minimum Gasteiger partial charge on any atom is -0.222 e. The molecule has 0 bridgehead atoms. The van der Waals surface area contributed by atoms with E-state index in [1.165, 1.54) is 0 Å². The van der Waals surface area contributed by atoms with E-state index in [1.54, 1.807) is 18.2 Å². The fourth-order valence-corrected chi connectivity index (χ4v) is 3.70. The first kappa shape index (κ1) is 14.9. The maximum atomic E-state index is 12.5. The summed E-state index contributed by atoms with van der Waals surface area (Å²) in [6, 6.07) is 5.06. The van der Waals surface area contributed by atoms with Crippen LogP contribution in [0.4, 0.5) is 8.78 Å². The van der Waals surface area contributed by atoms with Crippen molar-refractivity contribution in [2.75, 3.05) is 0 Å². The third-order valence-electron chi connectivity index (χ3n) is 2.81. The van der Waals surface area contributed by atoms with Crippen LogP contribution < -0.4 is 4.72 Å². The van der Waals surface area contributed by atoms with Crippen molar-refractivity contribution in [3.63, 3.8) is 0 Å². The summed E-state index contributed by atoms with van der Waals surface area (Å²) in [5.41, 5.74) is 1.92. The molecule has 116 valence electrons. The average Bonchev–Trinajstić information content (AvgIpc) is 3.13. The van der Waals surface area contributed by atoms with Gasteiger partial charge in [0, 0.05) is 11.9 Å². The summed E-state index contributed by atoms with van der Waals surface area (Å²) >= 11 is 0.607. The number of thiazole rings is 1. The molecule has 0 aliphatic carbocycles. The largest absolute Gasteiger partial charge is 0.289 e. The number of nitrogens with one attached hydrogen (secondary N) is 2. The lowest BCUT2D eigenvalue weighted by molar-refractivity contribution is 0.150. The standard InChI is InChI=1S/C11H9F2N5O2S2/c12-10(13)11-15-9(5-21-11)22(19,20)14-4-6-1-2-7-8(3-6)17-18-16-7/h1-3,5,10,14H,4H2,(H,16,17,18). The van der Waals surface area contributed by atoms with Crippen molar-refractivity contribution in [3.8, 4) is 0 Å². The predicted octanol–water partition coefficient (Wildman–Crippen LogP) is 1.83. The Morgan fingerprint density at radius 2 is 2.05 bits per heavy atom. The molecule has 0 atom stereocenters. The summed E-state index contributed by atoms with van der Waals surface area (Å²) in [6.45, 7) is -0.00727. The van der Waals surface area contributed by atoms with Crippen LogP contribution in [0.3, 0.4) is 0 Å². The zero-order valence-corrected chi connectivity index (χ0v) is 12.5. The lowest BCUT2D eigenvalue weighted by Crippen LogP contribution is -2.23. The zero-order valence-electron chi connectivity index (χ0n) is 10.8. The summed E-state index contributed by atoms with van der Waals surface area (Å²) < 4.78 is 51.2. The van der Waals surface area contributed by atoms with Gasteiger partial charge in [-0.05, 0) is 17.7 Å². The predicted molar refractivity (Wildman–Crippen MR) is 75.0 cm³/mol. The molecule has 3 aromatic rings. The number of alkyl halides is 2. The van der Waals surface area contributed by atoms with Gasteiger partial charge < -0.3 is 0 Å². The molecule has 0 spiro atoms. The summed E-state index contributed by atoms with van der Waals surface area (Å²) in [5.74, 6) is 0. The highest BCUT2D eigenvalue weighted by atomic mass is 32.2. The van der Waals surface area contributed by atoms with Crippen molar-refractivity contribution in [2.45, 2.75) is 18.0 Å². The van der Waals surface area contributed by atoms with Crippen LogP contribution in [0.1, 0.15) is 17.0 Å². The van der Waals surface area contributed by atoms with Gasteiger partial charge in [-0.15, -0.1) is 11.3 Å². The van der Waals surface area contributed by atoms with Crippen molar-refractivity contribution < 1.29 is 17.2 Å². The minimum atomic E-state index is -3.94. The number of nitrogens with zero attached hydrogens (tertiary/aromatic N) is 3. The second kappa shape index (κ2) is 5.66. The van der Waals surface area contributed by atoms with Crippen LogP contribution >= 0.6 is 11.3 Å². The van der Waals surface area contributed by atoms with Gasteiger partial charge in [-0.2, -0.15) is 15.4 Å². The molecule has 1 aromatic carbocycles. The molecule has 0 unspecified atom stereocenters. The summed E-state index contributed by atoms with van der Waals surface area (Å²) in [5, 5.41) is 10.4. The fraction of sp³-hybridized carbons (Fsp3) is 0.182. The van der Waals surface area contributed by atoms with Crippen LogP contribution in [0.2, 0.25) is 0 Å². The Morgan fingerprint density at radius 3 is 2.77 bits per heavy atom. The van der Waals surface area contributed by atoms with Gasteiger partial charge in [-0.3, -0.25) is 0 Å². The maximum absolute atomic E-state index is 12.5. The number of rotatable bonds is 5. The number of hydrogen-bond donors (Lipinski definition) is 2. The maximum Gasteiger partial charge on any atom is 0.289 e. The van der Waals surface area contributed by atoms with Crippen LogP contribution in [-0.2, 0) is 16.6 Å². The minimum absolute atomic E-state index is 0.00727. The Labute approximate surface area is 127 Å². The molecule has 2 N–H and O–H groups in total. The molecule has 2 aromatic heterocycles. The van der Waals surface area contributed by atoms with E-state index in [4.69, 9.17) is 0 Å². The molecule has 2 heterocycles. The first-order valence-electron chi connectivity index (χ1n) is 5.98. The quantitative estimate of drug-likeness (QED) is 0.735. The highest BCUT2D eigenvalue weighted by Crippen LogP contribution is 2.24. The molecule has 3 rings (SSSR count). The topological polar surface area (TPSA) is 101 Å². The first-order valence-corrected chi connectivity index (χ1v) is 8.34. The van der Waals surface area contributed by atoms with Crippen LogP contribution in [0.25, 0.3) is 11.0 Å². The highest BCUT2D eigenvalue weighted by molar-refractivity contribution is 7.89. The molecule has 0 aliphatic rings. The summed E-state index contributed by atoms with van der Waals surface area (Å²) in [4.78, 5) is 3.43. The number of benzene rings is 1. The molecular weight excluding hydrogens is 336 g/mol. The SMILES string of the molecule is O=S(=O)(NCc1ccc2n[nH]nc2c1)c1csc(C(F)F)n1. The van der Waals surface area contributed by atoms with E-state index in [0.29, 0.717) is 27.9 Å². The zero-order chi connectivity index (χ0) is 15.7. The van der Waals surface area contributed by atoms with Crippen LogP contribution in [0.5, 0.6) is 0 Å². The number of fused-ring (bicyclic) bond motifs is 1. The van der Waals surface area contributed by atoms with E-state index in [-0.39, 0.29) is 6.54 Å². The van der Waals surface area contributed by atoms with Crippen LogP contribution in [-0.4, -0.2) is 28.8 Å². The number of sulfonamides is 1. The third kappa shape index (κ3) is 2.96. The van der Waals surface area contributed by atoms with E-state index in [9.17, 15) is 17.2 Å². The second-order valence-corrected chi connectivity index (χ2v) is 6.90. The molecule has 0 amide bonds. The van der Waals surface area contributed by atoms with Gasteiger partial charge in [0.25, 0.3) is 16.4 Å². The van der Waals surface area contributed by atoms with Crippen LogP contribution in [0.15, 0.2) is 28.6 Å². The molecule has 0 radical (unpaired) electrons. The lowest BCUT2D eigenvalue weighted by Gasteiger charge is -2.04. The van der Waals surface area contributed by atoms with E-state index >= 15 is 0 Å². The summed E-state index contributed by atoms with van der Waals surface area (Å²) in [7, 11) is -3.94. The molecule has 0 saturated heterocycles. The van der Waals surface area contributed by atoms with Crippen molar-refractivity contribution in [1.29, 1.82) is 0 Å². The average molecular weight is 345 g/mol. The second-order valence-electron chi connectivity index (χ2n) is 4.30. The first-order chi connectivity index (χ1) is 10.5. The van der Waals surface area contributed by atoms with Crippen LogP contribution in [0, 0.1) is 0 Å². The van der Waals surface area contributed by atoms with E-state index in [2.05, 4.69) is 25.1 Å². The number of H-pyrrole nitrogens is 1. The van der Waals surface area contributed by atoms with Gasteiger partial charge in [-0.25, -0.2) is 26.9 Å². The number of aromatic nitrogens is 4. The van der Waals surface area contributed by atoms with Crippen molar-refractivity contribution in [2.24, 2.45) is 0 Å². The molecule has 11 heteroatoms. The molecule has 7 nitrogen and oxygen atoms in total. The number of aromatic amines is 1. The molecular formula is C11H9F2N5O2S2. The Kier molecular flexibility index (Phi) is 3.85. The number of hydrogen-bond acceptors (Lipinski definition) is 6. The molecule has 22 heavy (non-hydrogen) atoms. The van der Waals surface area contributed by atoms with Gasteiger partial charge in [-0.1, -0.05) is 6.07 Å². The van der Waals surface area contributed by atoms with Gasteiger partial charge in [0.1, 0.15) is 11.0 Å². The Balaban J connectivity index is 1.76. The van der Waals surface area contributed by atoms with Gasteiger partial charge in [0.05, 0.1) is 0 Å². The Hall–Kier alpha value is -1.98. The van der Waals surface area contributed by atoms with Gasteiger partial charge in [0.2, 0.25) is 0 Å². The van der Waals surface area contributed by atoms with Crippen molar-refractivity contribution >= 4 is 32.4 Å². The number of halogens is 2. The van der Waals surface area contributed by atoms with Gasteiger partial charge >= 0.3 is 0 Å². The lowest BCUT2D eigenvalue weighted by atomic mass is 10.2. The third-order valence-corrected chi connectivity index (χ3v) is 5.10. The van der Waals surface area contributed by atoms with Crippen molar-refractivity contribution in [1.82, 2.24) is 25.1 Å². The van der Waals surface area contributed by atoms with Gasteiger partial charge in [0.15, 0.2) is 10.0 Å². The molecule has 0 fully saturated rings. The highest BCUT2D eigenvalue weighted by Gasteiger charge is 2.21. The van der Waals surface area contributed by atoms with E-state index in [0.717, 1.165) is 5.38 Å². The fourth-order valence-electron chi connectivity index (χ4n) is 1.74. The summed E-state index contributed by atoms with van der Waals surface area (Å²) in [6.07, 6.45) is -2.79. The smallest absolute Gasteiger partial charge is 0.222 e. The Bertz CT molecular complexity index is 906. The normalized spacial score (nSPS) is 12.3. The monoisotopic (exact) mass is 345 g/mol. The Morgan fingerprint density at radius 1 is 1.27 bits per heavy atom. The molecule has 0 saturated carbocycles. The molecule has 0 aliphatic heterocycles.